The first-order valence-electron chi connectivity index (χ1n) is 7.84. The van der Waals surface area contributed by atoms with Crippen LogP contribution in [0.1, 0.15) is 44.9 Å². The highest BCUT2D eigenvalue weighted by molar-refractivity contribution is 8.13. The van der Waals surface area contributed by atoms with Gasteiger partial charge in [0, 0.05) is 25.8 Å². The Morgan fingerprint density at radius 3 is 2.71 bits per heavy atom. The van der Waals surface area contributed by atoms with Crippen molar-refractivity contribution in [1.82, 2.24) is 10.2 Å². The molecule has 2 heterocycles. The van der Waals surface area contributed by atoms with Crippen LogP contribution in [0.3, 0.4) is 0 Å². The maximum atomic E-state index is 12.1. The molecule has 2 amide bonds. The number of amides is 2. The highest BCUT2D eigenvalue weighted by Crippen LogP contribution is 2.41. The molecule has 0 radical (unpaired) electrons. The van der Waals surface area contributed by atoms with Crippen molar-refractivity contribution in [3.05, 3.63) is 0 Å². The molecule has 3 rings (SSSR count). The molecule has 2 fully saturated rings. The van der Waals surface area contributed by atoms with Gasteiger partial charge in [-0.1, -0.05) is 31.0 Å². The van der Waals surface area contributed by atoms with Crippen LogP contribution in [0, 0.1) is 5.41 Å². The summed E-state index contributed by atoms with van der Waals surface area (Å²) < 4.78 is 0. The average molecular weight is 309 g/mol. The monoisotopic (exact) mass is 309 g/mol. The molecule has 0 aromatic carbocycles. The molecule has 1 atom stereocenters. The third-order valence-electron chi connectivity index (χ3n) is 4.93. The highest BCUT2D eigenvalue weighted by atomic mass is 32.2. The van der Waals surface area contributed by atoms with Gasteiger partial charge in [0.2, 0.25) is 5.91 Å². The first-order chi connectivity index (χ1) is 10.1. The Labute approximate surface area is 129 Å². The summed E-state index contributed by atoms with van der Waals surface area (Å²) in [5.74, 6) is 0.888. The van der Waals surface area contributed by atoms with Gasteiger partial charge in [0.1, 0.15) is 6.04 Å². The van der Waals surface area contributed by atoms with E-state index >= 15 is 0 Å². The largest absolute Gasteiger partial charge is 0.353 e. The van der Waals surface area contributed by atoms with E-state index in [4.69, 9.17) is 4.99 Å². The maximum Gasteiger partial charge on any atom is 0.251 e. The number of piperidine rings is 1. The van der Waals surface area contributed by atoms with Crippen LogP contribution < -0.4 is 5.32 Å². The van der Waals surface area contributed by atoms with Crippen molar-refractivity contribution >= 4 is 28.7 Å². The maximum absolute atomic E-state index is 12.1. The van der Waals surface area contributed by atoms with Crippen LogP contribution in [0.25, 0.3) is 0 Å². The van der Waals surface area contributed by atoms with Crippen LogP contribution in [0.15, 0.2) is 4.99 Å². The fraction of sp³-hybridized carbons (Fsp3) is 0.800. The quantitative estimate of drug-likeness (QED) is 0.750. The number of aliphatic imine (C=N–C) groups is 1. The van der Waals surface area contributed by atoms with Crippen molar-refractivity contribution in [2.24, 2.45) is 10.4 Å². The molecule has 3 aliphatic rings. The van der Waals surface area contributed by atoms with E-state index < -0.39 is 0 Å². The summed E-state index contributed by atoms with van der Waals surface area (Å²) in [6, 6.07) is -0.292. The number of hydrogen-bond acceptors (Lipinski definition) is 5. The van der Waals surface area contributed by atoms with Crippen LogP contribution in [-0.2, 0) is 9.59 Å². The van der Waals surface area contributed by atoms with Crippen LogP contribution >= 0.6 is 11.8 Å². The minimum atomic E-state index is -0.292. The Morgan fingerprint density at radius 2 is 2.05 bits per heavy atom. The van der Waals surface area contributed by atoms with Crippen molar-refractivity contribution in [3.8, 4) is 0 Å². The van der Waals surface area contributed by atoms with Crippen molar-refractivity contribution < 1.29 is 9.59 Å². The number of amidine groups is 1. The molecule has 5 nitrogen and oxygen atoms in total. The lowest BCUT2D eigenvalue weighted by Gasteiger charge is -2.39. The van der Waals surface area contributed by atoms with Gasteiger partial charge < -0.3 is 5.32 Å². The van der Waals surface area contributed by atoms with Gasteiger partial charge in [0.05, 0.1) is 0 Å². The number of carbonyl (C=O) groups is 2. The van der Waals surface area contributed by atoms with E-state index in [-0.39, 0.29) is 17.9 Å². The normalized spacial score (nSPS) is 29.5. The van der Waals surface area contributed by atoms with E-state index in [1.165, 1.54) is 37.0 Å². The number of imide groups is 1. The predicted molar refractivity (Wildman–Crippen MR) is 84.2 cm³/mol. The zero-order valence-electron chi connectivity index (χ0n) is 12.6. The second-order valence-corrected chi connectivity index (χ2v) is 7.46. The number of nitrogens with one attached hydrogen (secondary N) is 1. The van der Waals surface area contributed by atoms with Crippen LogP contribution in [0.4, 0.5) is 0 Å². The summed E-state index contributed by atoms with van der Waals surface area (Å²) >= 11 is 1.75. The Morgan fingerprint density at radius 1 is 1.29 bits per heavy atom. The first-order valence-corrected chi connectivity index (χ1v) is 8.82. The topological polar surface area (TPSA) is 61.8 Å². The van der Waals surface area contributed by atoms with Crippen LogP contribution in [0.5, 0.6) is 0 Å². The molecular formula is C15H23N3O2S. The second-order valence-electron chi connectivity index (χ2n) is 6.50. The van der Waals surface area contributed by atoms with Gasteiger partial charge >= 0.3 is 0 Å². The van der Waals surface area contributed by atoms with Gasteiger partial charge in [-0.25, -0.2) is 0 Å². The third kappa shape index (κ3) is 3.10. The SMILES string of the molecule is CN1C(=O)CCC(NC2=NCC3(CCCCC3)CS2)C1=O. The summed E-state index contributed by atoms with van der Waals surface area (Å²) in [5, 5.41) is 4.13. The second kappa shape index (κ2) is 5.99. The summed E-state index contributed by atoms with van der Waals surface area (Å²) in [7, 11) is 1.56. The van der Waals surface area contributed by atoms with Gasteiger partial charge in [-0.15, -0.1) is 0 Å². The van der Waals surface area contributed by atoms with Gasteiger partial charge in [0.15, 0.2) is 5.17 Å². The first kappa shape index (κ1) is 14.9. The molecule has 21 heavy (non-hydrogen) atoms. The van der Waals surface area contributed by atoms with Crippen LogP contribution in [-0.4, -0.2) is 47.3 Å². The van der Waals surface area contributed by atoms with Crippen LogP contribution in [0.2, 0.25) is 0 Å². The molecule has 0 aromatic rings. The lowest BCUT2D eigenvalue weighted by Crippen LogP contribution is -2.53. The number of nitrogens with zero attached hydrogens (tertiary/aromatic N) is 2. The van der Waals surface area contributed by atoms with Gasteiger partial charge in [0.25, 0.3) is 5.91 Å². The zero-order valence-corrected chi connectivity index (χ0v) is 13.4. The van der Waals surface area contributed by atoms with E-state index in [1.54, 1.807) is 18.8 Å². The number of thioether (sulfide) groups is 1. The molecule has 0 bridgehead atoms. The number of carbonyl (C=O) groups excluding carboxylic acids is 2. The summed E-state index contributed by atoms with van der Waals surface area (Å²) in [5.41, 5.74) is 0.400. The Hall–Kier alpha value is -1.04. The fourth-order valence-corrected chi connectivity index (χ4v) is 4.65. The molecular weight excluding hydrogens is 286 g/mol. The predicted octanol–water partition coefficient (Wildman–Crippen LogP) is 1.78. The Kier molecular flexibility index (Phi) is 4.24. The standard InChI is InChI=1S/C15H23N3O2S/c1-18-12(19)6-5-11(13(18)20)17-14-16-9-15(10-21-14)7-3-2-4-8-15/h11H,2-10H2,1H3,(H,16,17). The van der Waals surface area contributed by atoms with Crippen molar-refractivity contribution in [1.29, 1.82) is 0 Å². The zero-order chi connectivity index (χ0) is 14.9. The number of likely N-dealkylation sites (N-methyl/N-ethyl adjacent to an activating group) is 1. The van der Waals surface area contributed by atoms with E-state index in [2.05, 4.69) is 5.32 Å². The molecule has 1 N–H and O–H groups in total. The fourth-order valence-electron chi connectivity index (χ4n) is 3.44. The van der Waals surface area contributed by atoms with E-state index in [0.717, 1.165) is 17.5 Å². The lowest BCUT2D eigenvalue weighted by molar-refractivity contribution is -0.147. The molecule has 0 aromatic heterocycles. The molecule has 6 heteroatoms. The minimum absolute atomic E-state index is 0.0857. The number of rotatable bonds is 1. The van der Waals surface area contributed by atoms with Gasteiger partial charge in [-0.2, -0.15) is 0 Å². The Bertz CT molecular complexity index is 472. The van der Waals surface area contributed by atoms with E-state index in [0.29, 0.717) is 18.3 Å². The Balaban J connectivity index is 1.59. The molecule has 116 valence electrons. The van der Waals surface area contributed by atoms with Crippen molar-refractivity contribution in [2.75, 3.05) is 19.3 Å². The minimum Gasteiger partial charge on any atom is -0.353 e. The van der Waals surface area contributed by atoms with E-state index in [1.807, 2.05) is 0 Å². The van der Waals surface area contributed by atoms with E-state index in [9.17, 15) is 9.59 Å². The molecule has 2 aliphatic heterocycles. The molecule has 1 aliphatic carbocycles. The summed E-state index contributed by atoms with van der Waals surface area (Å²) in [6.07, 6.45) is 7.60. The molecule has 1 saturated heterocycles. The summed E-state index contributed by atoms with van der Waals surface area (Å²) in [6.45, 7) is 0.887. The number of hydrogen-bond donors (Lipinski definition) is 1. The van der Waals surface area contributed by atoms with Crippen molar-refractivity contribution in [2.45, 2.75) is 51.0 Å². The van der Waals surface area contributed by atoms with Gasteiger partial charge in [-0.05, 0) is 24.7 Å². The smallest absolute Gasteiger partial charge is 0.251 e. The highest BCUT2D eigenvalue weighted by Gasteiger charge is 2.37. The molecule has 1 unspecified atom stereocenters. The number of likely N-dealkylation sites (tertiary alicyclic amines) is 1. The summed E-state index contributed by atoms with van der Waals surface area (Å²) in [4.78, 5) is 29.5. The lowest BCUT2D eigenvalue weighted by atomic mass is 9.75. The molecule has 1 spiro atoms. The third-order valence-corrected chi connectivity index (χ3v) is 6.21. The molecule has 1 saturated carbocycles. The van der Waals surface area contributed by atoms with Gasteiger partial charge in [-0.3, -0.25) is 19.5 Å². The van der Waals surface area contributed by atoms with Crippen molar-refractivity contribution in [3.63, 3.8) is 0 Å². The average Bonchev–Trinajstić information content (AvgIpc) is 2.51.